The summed E-state index contributed by atoms with van der Waals surface area (Å²) in [5, 5.41) is 7.14. The minimum absolute atomic E-state index is 0.0320. The van der Waals surface area contributed by atoms with E-state index in [1.807, 2.05) is 0 Å². The fourth-order valence-electron chi connectivity index (χ4n) is 1.23. The Labute approximate surface area is 93.4 Å². The number of hydrogen-bond donors (Lipinski definition) is 0. The molecule has 7 heteroatoms. The van der Waals surface area contributed by atoms with Gasteiger partial charge in [0.1, 0.15) is 0 Å². The molecule has 0 aliphatic rings. The highest BCUT2D eigenvalue weighted by atomic mass is 35.5. The van der Waals surface area contributed by atoms with Crippen LogP contribution in [0.5, 0.6) is 0 Å². The average molecular weight is 248 g/mol. The van der Waals surface area contributed by atoms with Crippen molar-refractivity contribution in [1.29, 1.82) is 0 Å². The normalized spacial score (nSPS) is 10.8. The van der Waals surface area contributed by atoms with Crippen molar-refractivity contribution in [3.63, 3.8) is 0 Å². The minimum atomic E-state index is -1.52. The summed E-state index contributed by atoms with van der Waals surface area (Å²) in [4.78, 5) is 0. The zero-order valence-electron chi connectivity index (χ0n) is 7.79. The number of halogens is 4. The SMILES string of the molecule is Fc1cc(-n2nncc2CCl)cc(F)c1F. The molecule has 0 radical (unpaired) electrons. The van der Waals surface area contributed by atoms with Gasteiger partial charge in [-0.1, -0.05) is 5.21 Å². The Hall–Kier alpha value is -1.56. The first-order valence-electron chi connectivity index (χ1n) is 4.24. The van der Waals surface area contributed by atoms with Crippen molar-refractivity contribution in [1.82, 2.24) is 15.0 Å². The number of benzene rings is 1. The molecule has 1 heterocycles. The molecule has 2 aromatic rings. The molecule has 0 fully saturated rings. The molecular formula is C9H5ClF3N3. The van der Waals surface area contributed by atoms with Gasteiger partial charge >= 0.3 is 0 Å². The van der Waals surface area contributed by atoms with Gasteiger partial charge in [-0.15, -0.1) is 16.7 Å². The van der Waals surface area contributed by atoms with Gasteiger partial charge in [-0.05, 0) is 0 Å². The number of hydrogen-bond acceptors (Lipinski definition) is 2. The van der Waals surface area contributed by atoms with Gasteiger partial charge in [-0.25, -0.2) is 17.9 Å². The quantitative estimate of drug-likeness (QED) is 0.603. The first-order chi connectivity index (χ1) is 7.63. The summed E-state index contributed by atoms with van der Waals surface area (Å²) in [5.41, 5.74) is 0.483. The second-order valence-corrected chi connectivity index (χ2v) is 3.26. The first-order valence-corrected chi connectivity index (χ1v) is 4.77. The summed E-state index contributed by atoms with van der Waals surface area (Å²) >= 11 is 5.57. The van der Waals surface area contributed by atoms with Crippen LogP contribution in [0.2, 0.25) is 0 Å². The maximum atomic E-state index is 13.0. The van der Waals surface area contributed by atoms with Crippen molar-refractivity contribution in [2.24, 2.45) is 0 Å². The van der Waals surface area contributed by atoms with Crippen LogP contribution in [0.1, 0.15) is 5.69 Å². The lowest BCUT2D eigenvalue weighted by Crippen LogP contribution is -2.03. The standard InChI is InChI=1S/C9H5ClF3N3/c10-3-6-4-14-15-16(6)5-1-7(11)9(13)8(12)2-5/h1-2,4H,3H2. The predicted molar refractivity (Wildman–Crippen MR) is 50.8 cm³/mol. The van der Waals surface area contributed by atoms with Crippen LogP contribution in [0.3, 0.4) is 0 Å². The molecule has 0 aliphatic carbocycles. The predicted octanol–water partition coefficient (Wildman–Crippen LogP) is 2.42. The van der Waals surface area contributed by atoms with Crippen LogP contribution in [-0.4, -0.2) is 15.0 Å². The Balaban J connectivity index is 2.57. The highest BCUT2D eigenvalue weighted by Gasteiger charge is 2.13. The van der Waals surface area contributed by atoms with Crippen molar-refractivity contribution in [3.05, 3.63) is 41.5 Å². The summed E-state index contributed by atoms with van der Waals surface area (Å²) in [6.07, 6.45) is 1.35. The number of aromatic nitrogens is 3. The fraction of sp³-hybridized carbons (Fsp3) is 0.111. The molecule has 84 valence electrons. The zero-order chi connectivity index (χ0) is 11.7. The van der Waals surface area contributed by atoms with Crippen molar-refractivity contribution in [2.75, 3.05) is 0 Å². The second-order valence-electron chi connectivity index (χ2n) is 2.99. The van der Waals surface area contributed by atoms with Crippen LogP contribution < -0.4 is 0 Å². The summed E-state index contributed by atoms with van der Waals surface area (Å²) in [6, 6.07) is 1.65. The molecule has 0 saturated heterocycles. The highest BCUT2D eigenvalue weighted by Crippen LogP contribution is 2.17. The van der Waals surface area contributed by atoms with Crippen molar-refractivity contribution in [3.8, 4) is 5.69 Å². The Morgan fingerprint density at radius 2 is 1.81 bits per heavy atom. The third-order valence-electron chi connectivity index (χ3n) is 1.97. The monoisotopic (exact) mass is 247 g/mol. The Morgan fingerprint density at radius 1 is 1.19 bits per heavy atom. The van der Waals surface area contributed by atoms with Gasteiger partial charge in [0.15, 0.2) is 17.5 Å². The molecule has 0 saturated carbocycles. The van der Waals surface area contributed by atoms with E-state index in [1.165, 1.54) is 6.20 Å². The first kappa shape index (κ1) is 10.9. The maximum Gasteiger partial charge on any atom is 0.194 e. The number of nitrogens with zero attached hydrogens (tertiary/aromatic N) is 3. The van der Waals surface area contributed by atoms with Crippen LogP contribution in [0.4, 0.5) is 13.2 Å². The lowest BCUT2D eigenvalue weighted by Gasteiger charge is -2.04. The topological polar surface area (TPSA) is 30.7 Å². The van der Waals surface area contributed by atoms with E-state index in [0.717, 1.165) is 16.8 Å². The van der Waals surface area contributed by atoms with Gasteiger partial charge in [0.2, 0.25) is 0 Å². The summed E-state index contributed by atoms with van der Waals surface area (Å²) < 4.78 is 39.8. The van der Waals surface area contributed by atoms with Gasteiger partial charge in [0, 0.05) is 12.1 Å². The van der Waals surface area contributed by atoms with Crippen LogP contribution in [0, 0.1) is 17.5 Å². The van der Waals surface area contributed by atoms with Gasteiger partial charge in [-0.2, -0.15) is 0 Å². The van der Waals surface area contributed by atoms with Crippen LogP contribution in [0.15, 0.2) is 18.3 Å². The molecule has 1 aromatic heterocycles. The smallest absolute Gasteiger partial charge is 0.194 e. The lowest BCUT2D eigenvalue weighted by atomic mass is 10.3. The molecule has 0 bridgehead atoms. The van der Waals surface area contributed by atoms with Crippen molar-refractivity contribution < 1.29 is 13.2 Å². The second kappa shape index (κ2) is 4.13. The van der Waals surface area contributed by atoms with E-state index in [4.69, 9.17) is 11.6 Å². The van der Waals surface area contributed by atoms with E-state index in [2.05, 4.69) is 10.3 Å². The Bertz CT molecular complexity index is 503. The molecule has 0 atom stereocenters. The van der Waals surface area contributed by atoms with Gasteiger partial charge in [-0.3, -0.25) is 0 Å². The van der Waals surface area contributed by atoms with E-state index < -0.39 is 17.5 Å². The lowest BCUT2D eigenvalue weighted by molar-refractivity contribution is 0.445. The molecule has 16 heavy (non-hydrogen) atoms. The van der Waals surface area contributed by atoms with E-state index in [0.29, 0.717) is 5.69 Å². The minimum Gasteiger partial charge on any atom is -0.216 e. The van der Waals surface area contributed by atoms with Crippen LogP contribution >= 0.6 is 11.6 Å². The average Bonchev–Trinajstić information content (AvgIpc) is 2.73. The molecule has 0 N–H and O–H groups in total. The molecule has 2 rings (SSSR count). The van der Waals surface area contributed by atoms with Gasteiger partial charge < -0.3 is 0 Å². The van der Waals surface area contributed by atoms with Gasteiger partial charge in [0.25, 0.3) is 0 Å². The van der Waals surface area contributed by atoms with Crippen LogP contribution in [0.25, 0.3) is 5.69 Å². The summed E-state index contributed by atoms with van der Waals surface area (Å²) in [7, 11) is 0. The van der Waals surface area contributed by atoms with Crippen molar-refractivity contribution in [2.45, 2.75) is 5.88 Å². The molecular weight excluding hydrogens is 243 g/mol. The third-order valence-corrected chi connectivity index (χ3v) is 2.24. The van der Waals surface area contributed by atoms with Gasteiger partial charge in [0.05, 0.1) is 23.5 Å². The largest absolute Gasteiger partial charge is 0.216 e. The fourth-order valence-corrected chi connectivity index (χ4v) is 1.41. The molecule has 0 unspecified atom stereocenters. The molecule has 0 spiro atoms. The summed E-state index contributed by atoms with van der Waals surface area (Å²) in [5.74, 6) is -4.01. The van der Waals surface area contributed by atoms with E-state index in [1.54, 1.807) is 0 Å². The molecule has 1 aromatic carbocycles. The Kier molecular flexibility index (Phi) is 2.82. The zero-order valence-corrected chi connectivity index (χ0v) is 8.55. The number of alkyl halides is 1. The molecule has 3 nitrogen and oxygen atoms in total. The van der Waals surface area contributed by atoms with E-state index in [-0.39, 0.29) is 11.6 Å². The van der Waals surface area contributed by atoms with E-state index >= 15 is 0 Å². The van der Waals surface area contributed by atoms with Crippen molar-refractivity contribution >= 4 is 11.6 Å². The van der Waals surface area contributed by atoms with E-state index in [9.17, 15) is 13.2 Å². The number of rotatable bonds is 2. The molecule has 0 amide bonds. The highest BCUT2D eigenvalue weighted by molar-refractivity contribution is 6.16. The third kappa shape index (κ3) is 1.76. The maximum absolute atomic E-state index is 13.0. The molecule has 0 aliphatic heterocycles. The summed E-state index contributed by atoms with van der Waals surface area (Å²) in [6.45, 7) is 0. The van der Waals surface area contributed by atoms with Crippen LogP contribution in [-0.2, 0) is 5.88 Å². The Morgan fingerprint density at radius 3 is 2.38 bits per heavy atom.